The topological polar surface area (TPSA) is 0 Å². The van der Waals surface area contributed by atoms with E-state index in [9.17, 15) is 0 Å². The van der Waals surface area contributed by atoms with Crippen LogP contribution in [0.3, 0.4) is 0 Å². The molecule has 0 aliphatic carbocycles. The molecule has 12 heavy (non-hydrogen) atoms. The Balaban J connectivity index is 4.03. The first-order valence-electron chi connectivity index (χ1n) is 4.47. The SMILES string of the molecule is CC(C)=CCC=C(C)C=C(C)C. The molecule has 0 radical (unpaired) electrons. The van der Waals surface area contributed by atoms with Crippen LogP contribution in [0.4, 0.5) is 0 Å². The second kappa shape index (κ2) is 5.82. The lowest BCUT2D eigenvalue weighted by atomic mass is 10.1. The van der Waals surface area contributed by atoms with Crippen LogP contribution in [0.2, 0.25) is 0 Å². The maximum atomic E-state index is 2.25. The third-order valence-electron chi connectivity index (χ3n) is 1.48. The maximum Gasteiger partial charge on any atom is -0.0161 e. The largest absolute Gasteiger partial charge is 0.0821 e. The van der Waals surface area contributed by atoms with E-state index in [0.29, 0.717) is 0 Å². The van der Waals surface area contributed by atoms with Crippen LogP contribution in [0, 0.1) is 0 Å². The van der Waals surface area contributed by atoms with E-state index in [1.807, 2.05) is 0 Å². The fourth-order valence-corrected chi connectivity index (χ4v) is 0.995. The zero-order chi connectivity index (χ0) is 9.56. The van der Waals surface area contributed by atoms with Crippen LogP contribution in [0.1, 0.15) is 41.0 Å². The van der Waals surface area contributed by atoms with Crippen molar-refractivity contribution in [3.8, 4) is 0 Å². The average molecular weight is 164 g/mol. The van der Waals surface area contributed by atoms with E-state index in [0.717, 1.165) is 6.42 Å². The minimum Gasteiger partial charge on any atom is -0.0821 e. The Morgan fingerprint density at radius 2 is 1.42 bits per heavy atom. The molecule has 0 aliphatic heterocycles. The van der Waals surface area contributed by atoms with E-state index >= 15 is 0 Å². The van der Waals surface area contributed by atoms with E-state index < -0.39 is 0 Å². The van der Waals surface area contributed by atoms with Gasteiger partial charge in [-0.05, 0) is 41.0 Å². The fourth-order valence-electron chi connectivity index (χ4n) is 0.995. The summed E-state index contributed by atoms with van der Waals surface area (Å²) in [5.74, 6) is 0. The van der Waals surface area contributed by atoms with Gasteiger partial charge < -0.3 is 0 Å². The van der Waals surface area contributed by atoms with E-state index in [2.05, 4.69) is 52.8 Å². The van der Waals surface area contributed by atoms with Crippen LogP contribution >= 0.6 is 0 Å². The second-order valence-corrected chi connectivity index (χ2v) is 3.69. The van der Waals surface area contributed by atoms with Gasteiger partial charge in [-0.3, -0.25) is 0 Å². The summed E-state index contributed by atoms with van der Waals surface area (Å²) in [6.45, 7) is 10.6. The summed E-state index contributed by atoms with van der Waals surface area (Å²) < 4.78 is 0. The number of hydrogen-bond donors (Lipinski definition) is 0. The maximum absolute atomic E-state index is 2.25. The normalized spacial score (nSPS) is 10.9. The highest BCUT2D eigenvalue weighted by Crippen LogP contribution is 2.03. The highest BCUT2D eigenvalue weighted by Gasteiger charge is 1.82. The van der Waals surface area contributed by atoms with Crippen LogP contribution in [-0.2, 0) is 0 Å². The first kappa shape index (κ1) is 11.2. The lowest BCUT2D eigenvalue weighted by Crippen LogP contribution is -1.72. The Bertz CT molecular complexity index is 206. The summed E-state index contributed by atoms with van der Waals surface area (Å²) in [6, 6.07) is 0. The van der Waals surface area contributed by atoms with Crippen molar-refractivity contribution in [2.75, 3.05) is 0 Å². The fraction of sp³-hybridized carbons (Fsp3) is 0.500. The Morgan fingerprint density at radius 1 is 0.833 bits per heavy atom. The summed E-state index contributed by atoms with van der Waals surface area (Å²) in [5, 5.41) is 0. The summed E-state index contributed by atoms with van der Waals surface area (Å²) in [4.78, 5) is 0. The first-order valence-corrected chi connectivity index (χ1v) is 4.47. The molecule has 0 nitrogen and oxygen atoms in total. The minimum atomic E-state index is 1.05. The Hall–Kier alpha value is -0.780. The first-order chi connectivity index (χ1) is 5.52. The smallest absolute Gasteiger partial charge is 0.0161 e. The predicted octanol–water partition coefficient (Wildman–Crippen LogP) is 4.26. The molecule has 0 saturated heterocycles. The van der Waals surface area contributed by atoms with Gasteiger partial charge in [-0.1, -0.05) is 34.9 Å². The minimum absolute atomic E-state index is 1.05. The number of allylic oxidation sites excluding steroid dienone is 6. The molecule has 0 heteroatoms. The van der Waals surface area contributed by atoms with Crippen LogP contribution in [0.15, 0.2) is 34.9 Å². The molecule has 0 aromatic rings. The summed E-state index contributed by atoms with van der Waals surface area (Å²) in [6.07, 6.45) is 7.75. The van der Waals surface area contributed by atoms with Gasteiger partial charge in [0.2, 0.25) is 0 Å². The van der Waals surface area contributed by atoms with Crippen molar-refractivity contribution >= 4 is 0 Å². The van der Waals surface area contributed by atoms with Crippen LogP contribution in [0.5, 0.6) is 0 Å². The lowest BCUT2D eigenvalue weighted by molar-refractivity contribution is 1.25. The molecule has 0 heterocycles. The van der Waals surface area contributed by atoms with Crippen LogP contribution in [-0.4, -0.2) is 0 Å². The molecule has 0 aromatic carbocycles. The summed E-state index contributed by atoms with van der Waals surface area (Å²) >= 11 is 0. The van der Waals surface area contributed by atoms with Crippen LogP contribution in [0.25, 0.3) is 0 Å². The van der Waals surface area contributed by atoms with Gasteiger partial charge in [-0.15, -0.1) is 0 Å². The quantitative estimate of drug-likeness (QED) is 0.432. The summed E-state index contributed by atoms with van der Waals surface area (Å²) in [5.41, 5.74) is 4.10. The number of hydrogen-bond acceptors (Lipinski definition) is 0. The van der Waals surface area contributed by atoms with E-state index in [-0.39, 0.29) is 0 Å². The van der Waals surface area contributed by atoms with Crippen molar-refractivity contribution in [1.82, 2.24) is 0 Å². The van der Waals surface area contributed by atoms with E-state index in [1.165, 1.54) is 16.7 Å². The Morgan fingerprint density at radius 3 is 1.83 bits per heavy atom. The van der Waals surface area contributed by atoms with Crippen molar-refractivity contribution in [2.24, 2.45) is 0 Å². The monoisotopic (exact) mass is 164 g/mol. The Labute approximate surface area is 76.7 Å². The Kier molecular flexibility index (Phi) is 5.44. The standard InChI is InChI=1S/C12H20/c1-10(2)7-6-8-12(5)9-11(3)4/h7-9H,6H2,1-5H3. The molecular formula is C12H20. The predicted molar refractivity (Wildman–Crippen MR) is 57.2 cm³/mol. The zero-order valence-electron chi connectivity index (χ0n) is 8.94. The van der Waals surface area contributed by atoms with Gasteiger partial charge in [0.25, 0.3) is 0 Å². The number of rotatable bonds is 3. The van der Waals surface area contributed by atoms with Gasteiger partial charge in [0, 0.05) is 0 Å². The molecule has 0 aliphatic rings. The van der Waals surface area contributed by atoms with Crippen molar-refractivity contribution in [2.45, 2.75) is 41.0 Å². The molecule has 0 fully saturated rings. The third kappa shape index (κ3) is 7.33. The molecule has 0 unspecified atom stereocenters. The molecule has 68 valence electrons. The average Bonchev–Trinajstić information content (AvgIpc) is 1.84. The van der Waals surface area contributed by atoms with Gasteiger partial charge in [0.15, 0.2) is 0 Å². The molecular weight excluding hydrogens is 144 g/mol. The van der Waals surface area contributed by atoms with Crippen molar-refractivity contribution in [3.05, 3.63) is 34.9 Å². The third-order valence-corrected chi connectivity index (χ3v) is 1.48. The van der Waals surface area contributed by atoms with Gasteiger partial charge in [-0.25, -0.2) is 0 Å². The van der Waals surface area contributed by atoms with Crippen molar-refractivity contribution < 1.29 is 0 Å². The molecule has 0 amide bonds. The molecule has 0 N–H and O–H groups in total. The van der Waals surface area contributed by atoms with Gasteiger partial charge in [-0.2, -0.15) is 0 Å². The molecule has 0 spiro atoms. The van der Waals surface area contributed by atoms with E-state index in [4.69, 9.17) is 0 Å². The zero-order valence-corrected chi connectivity index (χ0v) is 8.94. The van der Waals surface area contributed by atoms with Crippen molar-refractivity contribution in [1.29, 1.82) is 0 Å². The van der Waals surface area contributed by atoms with Gasteiger partial charge in [0.1, 0.15) is 0 Å². The highest BCUT2D eigenvalue weighted by molar-refractivity contribution is 5.20. The molecule has 0 saturated carbocycles. The van der Waals surface area contributed by atoms with Crippen LogP contribution < -0.4 is 0 Å². The lowest BCUT2D eigenvalue weighted by Gasteiger charge is -1.93. The highest BCUT2D eigenvalue weighted by atomic mass is 13.9. The van der Waals surface area contributed by atoms with Crippen molar-refractivity contribution in [3.63, 3.8) is 0 Å². The second-order valence-electron chi connectivity index (χ2n) is 3.69. The summed E-state index contributed by atoms with van der Waals surface area (Å²) in [7, 11) is 0. The molecule has 0 aromatic heterocycles. The van der Waals surface area contributed by atoms with Gasteiger partial charge >= 0.3 is 0 Å². The van der Waals surface area contributed by atoms with Gasteiger partial charge in [0.05, 0.1) is 0 Å². The molecule has 0 atom stereocenters. The van der Waals surface area contributed by atoms with E-state index in [1.54, 1.807) is 0 Å². The molecule has 0 bridgehead atoms. The molecule has 0 rings (SSSR count).